The normalized spacial score (nSPS) is 10.7. The topological polar surface area (TPSA) is 64.1 Å². The van der Waals surface area contributed by atoms with Crippen LogP contribution in [-0.2, 0) is 0 Å². The van der Waals surface area contributed by atoms with E-state index in [4.69, 9.17) is 0 Å². The fourth-order valence-corrected chi connectivity index (χ4v) is 3.04. The van der Waals surface area contributed by atoms with E-state index in [2.05, 4.69) is 20.3 Å². The average molecular weight is 331 g/mol. The minimum atomic E-state index is -2.89. The molecule has 1 heterocycles. The third-order valence-electron chi connectivity index (χ3n) is 2.24. The number of nitrogens with one attached hydrogen (secondary N) is 1. The van der Waals surface area contributed by atoms with Gasteiger partial charge in [-0.3, -0.25) is 10.1 Å². The van der Waals surface area contributed by atoms with Gasteiger partial charge in [0.2, 0.25) is 5.13 Å². The Kier molecular flexibility index (Phi) is 5.45. The highest BCUT2D eigenvalue weighted by atomic mass is 32.2. The molecule has 1 N–H and O–H groups in total. The van der Waals surface area contributed by atoms with Crippen LogP contribution in [0.1, 0.15) is 17.3 Å². The fraction of sp³-hybridized carbons (Fsp3) is 0.250. The number of anilines is 1. The zero-order chi connectivity index (χ0) is 15.2. The number of carbonyl (C=O) groups excluding carboxylic acids is 1. The van der Waals surface area contributed by atoms with Crippen molar-refractivity contribution in [1.29, 1.82) is 0 Å². The van der Waals surface area contributed by atoms with Crippen molar-refractivity contribution in [2.75, 3.05) is 11.1 Å². The number of aromatic nitrogens is 2. The summed E-state index contributed by atoms with van der Waals surface area (Å²) in [7, 11) is 0. The Morgan fingerprint density at radius 3 is 2.71 bits per heavy atom. The van der Waals surface area contributed by atoms with E-state index in [0.717, 1.165) is 10.1 Å². The second-order valence-corrected chi connectivity index (χ2v) is 6.15. The van der Waals surface area contributed by atoms with Crippen molar-refractivity contribution in [3.05, 3.63) is 29.8 Å². The molecule has 0 atom stereocenters. The van der Waals surface area contributed by atoms with Crippen LogP contribution in [0.5, 0.6) is 5.75 Å². The maximum atomic E-state index is 12.0. The van der Waals surface area contributed by atoms with Crippen molar-refractivity contribution in [1.82, 2.24) is 10.2 Å². The van der Waals surface area contributed by atoms with Gasteiger partial charge in [-0.15, -0.1) is 10.2 Å². The van der Waals surface area contributed by atoms with Gasteiger partial charge in [0.15, 0.2) is 4.34 Å². The minimum absolute atomic E-state index is 0.000836. The van der Waals surface area contributed by atoms with Gasteiger partial charge in [-0.2, -0.15) is 8.78 Å². The first-order chi connectivity index (χ1) is 10.1. The van der Waals surface area contributed by atoms with Gasteiger partial charge in [-0.1, -0.05) is 30.0 Å². The van der Waals surface area contributed by atoms with Crippen LogP contribution in [0.4, 0.5) is 13.9 Å². The Balaban J connectivity index is 1.99. The third-order valence-corrected chi connectivity index (χ3v) is 4.09. The lowest BCUT2D eigenvalue weighted by Crippen LogP contribution is -2.11. The number of hydrogen-bond acceptors (Lipinski definition) is 6. The smallest absolute Gasteiger partial charge is 0.387 e. The number of nitrogens with zero attached hydrogens (tertiary/aromatic N) is 2. The van der Waals surface area contributed by atoms with Crippen molar-refractivity contribution in [2.24, 2.45) is 0 Å². The monoisotopic (exact) mass is 331 g/mol. The van der Waals surface area contributed by atoms with Crippen LogP contribution < -0.4 is 10.1 Å². The van der Waals surface area contributed by atoms with Crippen molar-refractivity contribution < 1.29 is 18.3 Å². The summed E-state index contributed by atoms with van der Waals surface area (Å²) in [4.78, 5) is 11.9. The standard InChI is InChI=1S/C12H11F2N3O2S2/c1-2-20-12-17-16-11(21-12)15-9(18)7-3-5-8(6-4-7)19-10(13)14/h3-6,10H,2H2,1H3,(H,15,16,18). The number of carbonyl (C=O) groups is 1. The molecule has 0 spiro atoms. The van der Waals surface area contributed by atoms with Crippen molar-refractivity contribution >= 4 is 34.1 Å². The number of amides is 1. The molecule has 1 aromatic heterocycles. The second kappa shape index (κ2) is 7.32. The van der Waals surface area contributed by atoms with Crippen LogP contribution in [0.3, 0.4) is 0 Å². The number of alkyl halides is 2. The fourth-order valence-electron chi connectivity index (χ4n) is 1.40. The molecule has 0 saturated heterocycles. The summed E-state index contributed by atoms with van der Waals surface area (Å²) in [5.41, 5.74) is 0.316. The third kappa shape index (κ3) is 4.64. The molecule has 1 amide bonds. The van der Waals surface area contributed by atoms with E-state index in [1.54, 1.807) is 0 Å². The molecular weight excluding hydrogens is 320 g/mol. The van der Waals surface area contributed by atoms with Gasteiger partial charge in [-0.25, -0.2) is 0 Å². The molecule has 0 aliphatic heterocycles. The van der Waals surface area contributed by atoms with Crippen molar-refractivity contribution in [3.8, 4) is 5.75 Å². The lowest BCUT2D eigenvalue weighted by molar-refractivity contribution is -0.0498. The zero-order valence-electron chi connectivity index (χ0n) is 10.9. The lowest BCUT2D eigenvalue weighted by atomic mass is 10.2. The number of halogens is 2. The van der Waals surface area contributed by atoms with E-state index in [-0.39, 0.29) is 11.7 Å². The Morgan fingerprint density at radius 1 is 1.38 bits per heavy atom. The van der Waals surface area contributed by atoms with Crippen molar-refractivity contribution in [2.45, 2.75) is 17.9 Å². The van der Waals surface area contributed by atoms with Crippen LogP contribution in [0.25, 0.3) is 0 Å². The van der Waals surface area contributed by atoms with Gasteiger partial charge in [0.1, 0.15) is 5.75 Å². The quantitative estimate of drug-likeness (QED) is 0.648. The van der Waals surface area contributed by atoms with Gasteiger partial charge in [0.25, 0.3) is 5.91 Å². The first-order valence-electron chi connectivity index (χ1n) is 5.91. The number of rotatable bonds is 6. The van der Waals surface area contributed by atoms with Gasteiger partial charge in [0, 0.05) is 5.56 Å². The van der Waals surface area contributed by atoms with Gasteiger partial charge < -0.3 is 4.74 Å². The van der Waals surface area contributed by atoms with E-state index in [1.165, 1.54) is 47.4 Å². The SMILES string of the molecule is CCSc1nnc(NC(=O)c2ccc(OC(F)F)cc2)s1. The number of benzene rings is 1. The number of hydrogen-bond donors (Lipinski definition) is 1. The van der Waals surface area contributed by atoms with E-state index >= 15 is 0 Å². The van der Waals surface area contributed by atoms with E-state index in [9.17, 15) is 13.6 Å². The molecule has 0 aliphatic carbocycles. The highest BCUT2D eigenvalue weighted by Crippen LogP contribution is 2.25. The second-order valence-electron chi connectivity index (χ2n) is 3.66. The summed E-state index contributed by atoms with van der Waals surface area (Å²) in [5, 5.41) is 10.8. The molecule has 2 aromatic rings. The van der Waals surface area contributed by atoms with Crippen LogP contribution in [0, 0.1) is 0 Å². The van der Waals surface area contributed by atoms with E-state index in [0.29, 0.717) is 10.7 Å². The first kappa shape index (κ1) is 15.6. The molecule has 0 saturated carbocycles. The number of ether oxygens (including phenoxy) is 1. The molecule has 5 nitrogen and oxygen atoms in total. The van der Waals surface area contributed by atoms with E-state index in [1.807, 2.05) is 6.92 Å². The lowest BCUT2D eigenvalue weighted by Gasteiger charge is -2.05. The molecular formula is C12H11F2N3O2S2. The van der Waals surface area contributed by atoms with Crippen LogP contribution in [0.15, 0.2) is 28.6 Å². The average Bonchev–Trinajstić information content (AvgIpc) is 2.86. The Morgan fingerprint density at radius 2 is 2.10 bits per heavy atom. The van der Waals surface area contributed by atoms with Gasteiger partial charge >= 0.3 is 6.61 Å². The number of thioether (sulfide) groups is 1. The van der Waals surface area contributed by atoms with Crippen LogP contribution in [0.2, 0.25) is 0 Å². The summed E-state index contributed by atoms with van der Waals surface area (Å²) >= 11 is 2.81. The minimum Gasteiger partial charge on any atom is -0.435 e. The van der Waals surface area contributed by atoms with E-state index < -0.39 is 6.61 Å². The molecule has 9 heteroatoms. The molecule has 0 radical (unpaired) electrons. The Hall–Kier alpha value is -1.74. The Bertz CT molecular complexity index is 605. The molecule has 0 unspecified atom stereocenters. The van der Waals surface area contributed by atoms with Gasteiger partial charge in [0.05, 0.1) is 0 Å². The van der Waals surface area contributed by atoms with Crippen LogP contribution in [-0.4, -0.2) is 28.5 Å². The molecule has 2 rings (SSSR count). The summed E-state index contributed by atoms with van der Waals surface area (Å²) in [5.74, 6) is 0.482. The summed E-state index contributed by atoms with van der Waals surface area (Å²) in [6.07, 6.45) is 0. The highest BCUT2D eigenvalue weighted by Gasteiger charge is 2.11. The molecule has 0 bridgehead atoms. The molecule has 112 valence electrons. The molecule has 1 aromatic carbocycles. The Labute approximate surface area is 127 Å². The zero-order valence-corrected chi connectivity index (χ0v) is 12.5. The molecule has 21 heavy (non-hydrogen) atoms. The summed E-state index contributed by atoms with van der Waals surface area (Å²) < 4.78 is 29.0. The largest absolute Gasteiger partial charge is 0.435 e. The highest BCUT2D eigenvalue weighted by molar-refractivity contribution is 8.01. The predicted molar refractivity (Wildman–Crippen MR) is 77.3 cm³/mol. The van der Waals surface area contributed by atoms with Crippen LogP contribution >= 0.6 is 23.1 Å². The maximum absolute atomic E-state index is 12.0. The summed E-state index contributed by atoms with van der Waals surface area (Å²) in [6, 6.07) is 5.41. The van der Waals surface area contributed by atoms with Crippen molar-refractivity contribution in [3.63, 3.8) is 0 Å². The summed E-state index contributed by atoms with van der Waals surface area (Å²) in [6.45, 7) is -0.895. The maximum Gasteiger partial charge on any atom is 0.387 e. The first-order valence-corrected chi connectivity index (χ1v) is 7.71. The predicted octanol–water partition coefficient (Wildman–Crippen LogP) is 3.50. The van der Waals surface area contributed by atoms with Gasteiger partial charge in [-0.05, 0) is 30.0 Å². The molecule has 0 aliphatic rings. The molecule has 0 fully saturated rings.